The normalized spacial score (nSPS) is 11.0. The molecule has 1 aromatic carbocycles. The number of carbonyl (C=O) groups is 1. The highest BCUT2D eigenvalue weighted by molar-refractivity contribution is 6.01. The summed E-state index contributed by atoms with van der Waals surface area (Å²) in [5.74, 6) is -0.424. The summed E-state index contributed by atoms with van der Waals surface area (Å²) < 4.78 is 29.1. The van der Waals surface area contributed by atoms with Crippen LogP contribution in [0.15, 0.2) is 30.4 Å². The van der Waals surface area contributed by atoms with E-state index in [9.17, 15) is 13.6 Å². The molecule has 1 aromatic rings. The zero-order valence-electron chi connectivity index (χ0n) is 12.3. The monoisotopic (exact) mass is 306 g/mol. The largest absolute Gasteiger partial charge is 0.434 e. The second-order valence-corrected chi connectivity index (χ2v) is 4.53. The highest BCUT2D eigenvalue weighted by Crippen LogP contribution is 2.27. The third-order valence-electron chi connectivity index (χ3n) is 2.77. The van der Waals surface area contributed by atoms with Crippen LogP contribution in [-0.4, -0.2) is 19.1 Å². The molecule has 0 aliphatic carbocycles. The number of benzene rings is 1. The Labute approximate surface area is 127 Å². The second kappa shape index (κ2) is 7.93. The molecule has 0 radical (unpaired) electrons. The summed E-state index contributed by atoms with van der Waals surface area (Å²) >= 11 is 0. The number of hydrogen-bond donors (Lipinski definition) is 1. The average molecular weight is 306 g/mol. The van der Waals surface area contributed by atoms with Crippen molar-refractivity contribution in [3.63, 3.8) is 0 Å². The van der Waals surface area contributed by atoms with E-state index in [-0.39, 0.29) is 17.9 Å². The zero-order valence-corrected chi connectivity index (χ0v) is 12.3. The van der Waals surface area contributed by atoms with Gasteiger partial charge in [-0.05, 0) is 48.7 Å². The number of alkyl halides is 2. The van der Waals surface area contributed by atoms with Gasteiger partial charge in [-0.15, -0.1) is 6.58 Å². The molecular weight excluding hydrogens is 290 g/mol. The highest BCUT2D eigenvalue weighted by Gasteiger charge is 2.13. The zero-order chi connectivity index (χ0) is 16.7. The number of halogens is 2. The number of ether oxygens (including phenoxy) is 1. The molecule has 0 heterocycles. The van der Waals surface area contributed by atoms with Crippen LogP contribution >= 0.6 is 0 Å². The van der Waals surface area contributed by atoms with Gasteiger partial charge in [0.1, 0.15) is 17.4 Å². The number of nitrogens with one attached hydrogen (secondary N) is 1. The molecule has 0 saturated heterocycles. The standard InChI is InChI=1S/C16H16F2N2O2/c1-4-5-20-15(21)13(9-19)8-12-6-10(2)14(11(3)7-12)22-16(17)18/h4,6-8,16H,1,5H2,2-3H3,(H,20,21)/b13-8+. The summed E-state index contributed by atoms with van der Waals surface area (Å²) in [5.41, 5.74) is 1.47. The van der Waals surface area contributed by atoms with Gasteiger partial charge in [-0.3, -0.25) is 4.79 Å². The quantitative estimate of drug-likeness (QED) is 0.499. The van der Waals surface area contributed by atoms with Crippen LogP contribution in [0.3, 0.4) is 0 Å². The molecule has 0 unspecified atom stereocenters. The lowest BCUT2D eigenvalue weighted by atomic mass is 10.0. The van der Waals surface area contributed by atoms with E-state index in [1.165, 1.54) is 12.2 Å². The Morgan fingerprint density at radius 2 is 2.05 bits per heavy atom. The van der Waals surface area contributed by atoms with Crippen molar-refractivity contribution >= 4 is 12.0 Å². The fraction of sp³-hybridized carbons (Fsp3) is 0.250. The van der Waals surface area contributed by atoms with Crippen molar-refractivity contribution < 1.29 is 18.3 Å². The molecule has 0 fully saturated rings. The third-order valence-corrected chi connectivity index (χ3v) is 2.77. The maximum absolute atomic E-state index is 12.3. The van der Waals surface area contributed by atoms with Crippen LogP contribution in [0.1, 0.15) is 16.7 Å². The van der Waals surface area contributed by atoms with Crippen molar-refractivity contribution in [1.82, 2.24) is 5.32 Å². The van der Waals surface area contributed by atoms with Gasteiger partial charge < -0.3 is 10.1 Å². The third kappa shape index (κ3) is 4.70. The summed E-state index contributed by atoms with van der Waals surface area (Å²) in [5, 5.41) is 11.5. The van der Waals surface area contributed by atoms with E-state index in [0.717, 1.165) is 0 Å². The Kier molecular flexibility index (Phi) is 6.26. The fourth-order valence-electron chi connectivity index (χ4n) is 1.92. The van der Waals surface area contributed by atoms with E-state index in [0.29, 0.717) is 16.7 Å². The van der Waals surface area contributed by atoms with E-state index in [1.54, 1.807) is 26.0 Å². The van der Waals surface area contributed by atoms with Gasteiger partial charge in [0.2, 0.25) is 0 Å². The number of nitrogens with zero attached hydrogens (tertiary/aromatic N) is 1. The maximum atomic E-state index is 12.3. The lowest BCUT2D eigenvalue weighted by Gasteiger charge is -2.12. The number of nitriles is 1. The van der Waals surface area contributed by atoms with Crippen molar-refractivity contribution in [2.75, 3.05) is 6.54 Å². The summed E-state index contributed by atoms with van der Waals surface area (Å²) in [6.45, 7) is 4.04. The lowest BCUT2D eigenvalue weighted by molar-refractivity contribution is -0.116. The van der Waals surface area contributed by atoms with Gasteiger partial charge in [-0.25, -0.2) is 0 Å². The van der Waals surface area contributed by atoms with Crippen LogP contribution in [-0.2, 0) is 4.79 Å². The minimum absolute atomic E-state index is 0.0804. The Hall–Kier alpha value is -2.68. The van der Waals surface area contributed by atoms with Gasteiger partial charge in [0.05, 0.1) is 0 Å². The number of carbonyl (C=O) groups excluding carboxylic acids is 1. The molecule has 22 heavy (non-hydrogen) atoms. The average Bonchev–Trinajstić information content (AvgIpc) is 2.45. The number of hydrogen-bond acceptors (Lipinski definition) is 3. The molecule has 4 nitrogen and oxygen atoms in total. The first-order chi connectivity index (χ1) is 10.4. The van der Waals surface area contributed by atoms with E-state index >= 15 is 0 Å². The molecule has 0 atom stereocenters. The molecule has 1 rings (SSSR count). The molecule has 1 N–H and O–H groups in total. The topological polar surface area (TPSA) is 62.1 Å². The van der Waals surface area contributed by atoms with Gasteiger partial charge in [-0.1, -0.05) is 6.08 Å². The molecule has 0 aromatic heterocycles. The van der Waals surface area contributed by atoms with Crippen LogP contribution in [0.4, 0.5) is 8.78 Å². The minimum atomic E-state index is -2.90. The summed E-state index contributed by atoms with van der Waals surface area (Å²) in [7, 11) is 0. The molecule has 0 saturated carbocycles. The first-order valence-corrected chi connectivity index (χ1v) is 6.46. The van der Waals surface area contributed by atoms with Gasteiger partial charge in [0.25, 0.3) is 5.91 Å². The number of amides is 1. The van der Waals surface area contributed by atoms with E-state index in [4.69, 9.17) is 5.26 Å². The highest BCUT2D eigenvalue weighted by atomic mass is 19.3. The lowest BCUT2D eigenvalue weighted by Crippen LogP contribution is -2.24. The van der Waals surface area contributed by atoms with Crippen molar-refractivity contribution in [2.24, 2.45) is 0 Å². The van der Waals surface area contributed by atoms with E-state index < -0.39 is 12.5 Å². The Bertz CT molecular complexity index is 623. The predicted molar refractivity (Wildman–Crippen MR) is 79.3 cm³/mol. The summed E-state index contributed by atoms with van der Waals surface area (Å²) in [4.78, 5) is 11.7. The molecule has 0 aliphatic rings. The smallest absolute Gasteiger partial charge is 0.387 e. The molecule has 0 bridgehead atoms. The van der Waals surface area contributed by atoms with Crippen LogP contribution in [0.2, 0.25) is 0 Å². The predicted octanol–water partition coefficient (Wildman–Crippen LogP) is 3.11. The van der Waals surface area contributed by atoms with Gasteiger partial charge in [0.15, 0.2) is 0 Å². The Balaban J connectivity index is 3.11. The first kappa shape index (κ1) is 17.4. The van der Waals surface area contributed by atoms with Crippen LogP contribution in [0.5, 0.6) is 5.75 Å². The van der Waals surface area contributed by atoms with Crippen LogP contribution in [0, 0.1) is 25.2 Å². The van der Waals surface area contributed by atoms with Crippen molar-refractivity contribution in [3.05, 3.63) is 47.1 Å². The summed E-state index contributed by atoms with van der Waals surface area (Å²) in [6, 6.07) is 4.95. The van der Waals surface area contributed by atoms with Crippen molar-refractivity contribution in [3.8, 4) is 11.8 Å². The molecule has 0 aliphatic heterocycles. The Morgan fingerprint density at radius 3 is 2.50 bits per heavy atom. The van der Waals surface area contributed by atoms with Crippen molar-refractivity contribution in [2.45, 2.75) is 20.5 Å². The summed E-state index contributed by atoms with van der Waals surface area (Å²) in [6.07, 6.45) is 2.89. The fourth-order valence-corrected chi connectivity index (χ4v) is 1.92. The van der Waals surface area contributed by atoms with Crippen LogP contribution in [0.25, 0.3) is 6.08 Å². The van der Waals surface area contributed by atoms with E-state index in [2.05, 4.69) is 16.6 Å². The molecule has 6 heteroatoms. The second-order valence-electron chi connectivity index (χ2n) is 4.53. The SMILES string of the molecule is C=CCNC(=O)/C(C#N)=C/c1cc(C)c(OC(F)F)c(C)c1. The maximum Gasteiger partial charge on any atom is 0.387 e. The molecule has 116 valence electrons. The molecule has 1 amide bonds. The number of aryl methyl sites for hydroxylation is 2. The first-order valence-electron chi connectivity index (χ1n) is 6.46. The molecular formula is C16H16F2N2O2. The van der Waals surface area contributed by atoms with Gasteiger partial charge in [0, 0.05) is 6.54 Å². The minimum Gasteiger partial charge on any atom is -0.434 e. The van der Waals surface area contributed by atoms with Gasteiger partial charge >= 0.3 is 6.61 Å². The van der Waals surface area contributed by atoms with Crippen molar-refractivity contribution in [1.29, 1.82) is 5.26 Å². The van der Waals surface area contributed by atoms with E-state index in [1.807, 2.05) is 6.07 Å². The number of rotatable bonds is 6. The van der Waals surface area contributed by atoms with Gasteiger partial charge in [-0.2, -0.15) is 14.0 Å². The Morgan fingerprint density at radius 1 is 1.45 bits per heavy atom. The van der Waals surface area contributed by atoms with Crippen LogP contribution < -0.4 is 10.1 Å². The molecule has 0 spiro atoms.